The SMILES string of the molecule is CC(C)(C)c1ccc2oc(-c3ccc(-c4nc5cc(C(C)(C)C)ccc5o4)c4ccccc34)nc2c1. The highest BCUT2D eigenvalue weighted by molar-refractivity contribution is 6.03. The molecule has 0 N–H and O–H groups in total. The molecule has 0 aliphatic heterocycles. The summed E-state index contributed by atoms with van der Waals surface area (Å²) < 4.78 is 12.4. The first-order valence-corrected chi connectivity index (χ1v) is 12.4. The highest BCUT2D eigenvalue weighted by atomic mass is 16.4. The first-order valence-electron chi connectivity index (χ1n) is 12.4. The van der Waals surface area contributed by atoms with Crippen molar-refractivity contribution in [3.05, 3.63) is 83.9 Å². The zero-order valence-corrected chi connectivity index (χ0v) is 21.6. The Morgan fingerprint density at radius 1 is 0.528 bits per heavy atom. The van der Waals surface area contributed by atoms with E-state index < -0.39 is 0 Å². The van der Waals surface area contributed by atoms with Crippen molar-refractivity contribution in [2.75, 3.05) is 0 Å². The molecule has 0 radical (unpaired) electrons. The van der Waals surface area contributed by atoms with E-state index >= 15 is 0 Å². The fraction of sp³-hybridized carbons (Fsp3) is 0.250. The van der Waals surface area contributed by atoms with Crippen LogP contribution in [0.4, 0.5) is 0 Å². The fourth-order valence-corrected chi connectivity index (χ4v) is 4.69. The number of hydrogen-bond acceptors (Lipinski definition) is 4. The third-order valence-electron chi connectivity index (χ3n) is 6.89. The van der Waals surface area contributed by atoms with Crippen LogP contribution in [0.15, 0.2) is 81.6 Å². The van der Waals surface area contributed by atoms with Crippen LogP contribution in [0.2, 0.25) is 0 Å². The van der Waals surface area contributed by atoms with Crippen LogP contribution < -0.4 is 0 Å². The van der Waals surface area contributed by atoms with Gasteiger partial charge in [0.05, 0.1) is 0 Å². The molecule has 4 heteroatoms. The van der Waals surface area contributed by atoms with Gasteiger partial charge in [-0.05, 0) is 69.1 Å². The van der Waals surface area contributed by atoms with Gasteiger partial charge in [0.25, 0.3) is 0 Å². The van der Waals surface area contributed by atoms with E-state index in [0.29, 0.717) is 11.8 Å². The second-order valence-corrected chi connectivity index (χ2v) is 11.6. The van der Waals surface area contributed by atoms with Crippen LogP contribution in [-0.2, 0) is 10.8 Å². The Bertz CT molecular complexity index is 1630. The quantitative estimate of drug-likeness (QED) is 0.251. The maximum atomic E-state index is 6.22. The largest absolute Gasteiger partial charge is 0.436 e. The lowest BCUT2D eigenvalue weighted by Crippen LogP contribution is -2.10. The number of nitrogens with zero attached hydrogens (tertiary/aromatic N) is 2. The summed E-state index contributed by atoms with van der Waals surface area (Å²) in [5, 5.41) is 2.10. The van der Waals surface area contributed by atoms with Crippen molar-refractivity contribution in [3.63, 3.8) is 0 Å². The molecule has 0 bridgehead atoms. The van der Waals surface area contributed by atoms with Crippen molar-refractivity contribution in [2.45, 2.75) is 52.4 Å². The van der Waals surface area contributed by atoms with Gasteiger partial charge in [0.1, 0.15) is 11.0 Å². The van der Waals surface area contributed by atoms with Gasteiger partial charge in [-0.2, -0.15) is 0 Å². The standard InChI is InChI=1S/C32H30N2O2/c1-31(2,3)19-11-15-27-25(17-19)33-29(35-27)23-13-14-24(22-10-8-7-9-21(22)23)30-34-26-18-20(32(4,5)6)12-16-28(26)36-30/h7-18H,1-6H3. The van der Waals surface area contributed by atoms with Gasteiger partial charge in [-0.15, -0.1) is 0 Å². The first-order chi connectivity index (χ1) is 17.1. The zero-order valence-electron chi connectivity index (χ0n) is 21.6. The van der Waals surface area contributed by atoms with E-state index in [0.717, 1.165) is 44.1 Å². The monoisotopic (exact) mass is 474 g/mol. The Hall–Kier alpha value is -3.92. The highest BCUT2D eigenvalue weighted by Gasteiger charge is 2.20. The van der Waals surface area contributed by atoms with E-state index in [1.807, 2.05) is 24.3 Å². The normalized spacial score (nSPS) is 12.7. The van der Waals surface area contributed by atoms with E-state index in [-0.39, 0.29) is 10.8 Å². The second-order valence-electron chi connectivity index (χ2n) is 11.6. The molecular weight excluding hydrogens is 444 g/mol. The molecule has 0 saturated carbocycles. The summed E-state index contributed by atoms with van der Waals surface area (Å²) in [4.78, 5) is 9.74. The van der Waals surface area contributed by atoms with Gasteiger partial charge in [0, 0.05) is 11.1 Å². The number of aromatic nitrogens is 2. The maximum Gasteiger partial charge on any atom is 0.227 e. The van der Waals surface area contributed by atoms with E-state index in [1.165, 1.54) is 11.1 Å². The predicted octanol–water partition coefficient (Wildman–Crippen LogP) is 9.05. The Balaban J connectivity index is 1.48. The molecule has 0 aliphatic rings. The molecule has 6 rings (SSSR count). The Morgan fingerprint density at radius 2 is 0.944 bits per heavy atom. The summed E-state index contributed by atoms with van der Waals surface area (Å²) in [7, 11) is 0. The van der Waals surface area contributed by atoms with Gasteiger partial charge >= 0.3 is 0 Å². The Labute approximate surface area is 211 Å². The Kier molecular flexibility index (Phi) is 4.88. The van der Waals surface area contributed by atoms with E-state index in [2.05, 4.69) is 90.1 Å². The smallest absolute Gasteiger partial charge is 0.227 e. The molecule has 0 unspecified atom stereocenters. The van der Waals surface area contributed by atoms with E-state index in [4.69, 9.17) is 18.8 Å². The molecule has 4 nitrogen and oxygen atoms in total. The van der Waals surface area contributed by atoms with Gasteiger partial charge in [-0.3, -0.25) is 0 Å². The summed E-state index contributed by atoms with van der Waals surface area (Å²) in [5.74, 6) is 1.23. The van der Waals surface area contributed by atoms with Crippen molar-refractivity contribution < 1.29 is 8.83 Å². The van der Waals surface area contributed by atoms with Crippen LogP contribution in [0.5, 0.6) is 0 Å². The van der Waals surface area contributed by atoms with Gasteiger partial charge in [-0.1, -0.05) is 77.9 Å². The molecule has 6 aromatic rings. The number of hydrogen-bond donors (Lipinski definition) is 0. The molecule has 0 aliphatic carbocycles. The molecule has 36 heavy (non-hydrogen) atoms. The van der Waals surface area contributed by atoms with Gasteiger partial charge in [-0.25, -0.2) is 9.97 Å². The topological polar surface area (TPSA) is 52.1 Å². The van der Waals surface area contributed by atoms with Crippen molar-refractivity contribution in [1.29, 1.82) is 0 Å². The van der Waals surface area contributed by atoms with Crippen LogP contribution in [0.1, 0.15) is 52.7 Å². The number of benzene rings is 4. The van der Waals surface area contributed by atoms with E-state index in [1.54, 1.807) is 0 Å². The number of oxazole rings is 2. The average Bonchev–Trinajstić information content (AvgIpc) is 3.45. The summed E-state index contributed by atoms with van der Waals surface area (Å²) >= 11 is 0. The molecule has 4 aromatic carbocycles. The minimum absolute atomic E-state index is 0.0505. The minimum atomic E-state index is 0.0505. The van der Waals surface area contributed by atoms with Gasteiger partial charge in [0.15, 0.2) is 11.2 Å². The number of fused-ring (bicyclic) bond motifs is 3. The first kappa shape index (κ1) is 22.5. The summed E-state index contributed by atoms with van der Waals surface area (Å²) in [6.45, 7) is 13.2. The van der Waals surface area contributed by atoms with Crippen molar-refractivity contribution >= 4 is 33.0 Å². The van der Waals surface area contributed by atoms with Crippen molar-refractivity contribution in [3.8, 4) is 22.9 Å². The van der Waals surface area contributed by atoms with Gasteiger partial charge < -0.3 is 8.83 Å². The summed E-state index contributed by atoms with van der Waals surface area (Å²) in [5.41, 5.74) is 7.81. The third kappa shape index (κ3) is 3.78. The maximum absolute atomic E-state index is 6.22. The van der Waals surface area contributed by atoms with Crippen LogP contribution in [-0.4, -0.2) is 9.97 Å². The van der Waals surface area contributed by atoms with Crippen LogP contribution in [0, 0.1) is 0 Å². The summed E-state index contributed by atoms with van der Waals surface area (Å²) in [6.07, 6.45) is 0. The molecule has 0 saturated heterocycles. The average molecular weight is 475 g/mol. The second kappa shape index (κ2) is 7.79. The molecule has 2 aromatic heterocycles. The van der Waals surface area contributed by atoms with Gasteiger partial charge in [0.2, 0.25) is 11.8 Å². The lowest BCUT2D eigenvalue weighted by atomic mass is 9.87. The van der Waals surface area contributed by atoms with E-state index in [9.17, 15) is 0 Å². The van der Waals surface area contributed by atoms with Crippen molar-refractivity contribution in [1.82, 2.24) is 9.97 Å². The lowest BCUT2D eigenvalue weighted by molar-refractivity contribution is 0.589. The molecule has 0 atom stereocenters. The molecule has 180 valence electrons. The fourth-order valence-electron chi connectivity index (χ4n) is 4.69. The van der Waals surface area contributed by atoms with Crippen molar-refractivity contribution in [2.24, 2.45) is 0 Å². The third-order valence-corrected chi connectivity index (χ3v) is 6.89. The molecular formula is C32H30N2O2. The van der Waals surface area contributed by atoms with Crippen LogP contribution >= 0.6 is 0 Å². The minimum Gasteiger partial charge on any atom is -0.436 e. The zero-order chi connectivity index (χ0) is 25.2. The predicted molar refractivity (Wildman–Crippen MR) is 147 cm³/mol. The molecule has 0 fully saturated rings. The highest BCUT2D eigenvalue weighted by Crippen LogP contribution is 2.38. The lowest BCUT2D eigenvalue weighted by Gasteiger charge is -2.18. The molecule has 0 spiro atoms. The Morgan fingerprint density at radius 3 is 1.33 bits per heavy atom. The summed E-state index contributed by atoms with van der Waals surface area (Å²) in [6, 6.07) is 24.9. The van der Waals surface area contributed by atoms with Crippen LogP contribution in [0.3, 0.4) is 0 Å². The molecule has 0 amide bonds. The molecule has 2 heterocycles. The van der Waals surface area contributed by atoms with Crippen LogP contribution in [0.25, 0.3) is 55.9 Å². The number of rotatable bonds is 2.